The first-order chi connectivity index (χ1) is 13.7. The van der Waals surface area contributed by atoms with E-state index < -0.39 is 11.9 Å². The molecule has 8 nitrogen and oxygen atoms in total. The molecule has 1 unspecified atom stereocenters. The van der Waals surface area contributed by atoms with Crippen molar-refractivity contribution in [3.63, 3.8) is 0 Å². The van der Waals surface area contributed by atoms with Crippen molar-refractivity contribution in [3.05, 3.63) is 58.8 Å². The molecule has 0 spiro atoms. The van der Waals surface area contributed by atoms with Crippen LogP contribution in [0.25, 0.3) is 16.9 Å². The second kappa shape index (κ2) is 6.75. The molecule has 1 atom stereocenters. The molecular formula is C19H16N6O2S. The van der Waals surface area contributed by atoms with Crippen LogP contribution in [-0.2, 0) is 11.2 Å². The SMILES string of the molecule is O=C(O)C(Cc1cscn1)c1nnc2c(C3CC3)nc(-c3cccnc3)cn12. The van der Waals surface area contributed by atoms with Crippen molar-refractivity contribution in [3.8, 4) is 11.3 Å². The van der Waals surface area contributed by atoms with Crippen LogP contribution >= 0.6 is 11.3 Å². The topological polar surface area (TPSA) is 106 Å². The average molecular weight is 392 g/mol. The molecule has 5 rings (SSSR count). The summed E-state index contributed by atoms with van der Waals surface area (Å²) in [6.07, 6.45) is 7.65. The number of aromatic nitrogens is 6. The highest BCUT2D eigenvalue weighted by Gasteiger charge is 2.32. The van der Waals surface area contributed by atoms with Crippen LogP contribution in [0.1, 0.15) is 41.9 Å². The van der Waals surface area contributed by atoms with Crippen LogP contribution in [0.3, 0.4) is 0 Å². The Morgan fingerprint density at radius 1 is 1.36 bits per heavy atom. The third-order valence-electron chi connectivity index (χ3n) is 4.87. The number of fused-ring (bicyclic) bond motifs is 1. The van der Waals surface area contributed by atoms with Crippen molar-refractivity contribution in [1.82, 2.24) is 29.5 Å². The predicted octanol–water partition coefficient (Wildman–Crippen LogP) is 2.93. The van der Waals surface area contributed by atoms with Gasteiger partial charge in [-0.15, -0.1) is 21.5 Å². The third-order valence-corrected chi connectivity index (χ3v) is 5.51. The fraction of sp³-hybridized carbons (Fsp3) is 0.263. The number of pyridine rings is 1. The van der Waals surface area contributed by atoms with Crippen molar-refractivity contribution < 1.29 is 9.90 Å². The monoisotopic (exact) mass is 392 g/mol. The highest BCUT2D eigenvalue weighted by Crippen LogP contribution is 2.41. The van der Waals surface area contributed by atoms with Crippen LogP contribution in [0.5, 0.6) is 0 Å². The largest absolute Gasteiger partial charge is 0.481 e. The molecule has 0 saturated heterocycles. The van der Waals surface area contributed by atoms with E-state index in [9.17, 15) is 9.90 Å². The van der Waals surface area contributed by atoms with Gasteiger partial charge in [0, 0.05) is 41.9 Å². The first-order valence-corrected chi connectivity index (χ1v) is 9.91. The molecule has 4 aromatic rings. The minimum absolute atomic E-state index is 0.267. The van der Waals surface area contributed by atoms with Crippen molar-refractivity contribution >= 4 is 23.0 Å². The maximum absolute atomic E-state index is 12.0. The molecule has 1 saturated carbocycles. The van der Waals surface area contributed by atoms with Crippen LogP contribution in [0.4, 0.5) is 0 Å². The molecular weight excluding hydrogens is 376 g/mol. The van der Waals surface area contributed by atoms with Gasteiger partial charge in [0.1, 0.15) is 5.92 Å². The van der Waals surface area contributed by atoms with E-state index in [4.69, 9.17) is 4.98 Å². The minimum atomic E-state index is -0.949. The van der Waals surface area contributed by atoms with Gasteiger partial charge in [-0.3, -0.25) is 14.2 Å². The zero-order valence-corrected chi connectivity index (χ0v) is 15.6. The van der Waals surface area contributed by atoms with E-state index >= 15 is 0 Å². The maximum atomic E-state index is 12.0. The van der Waals surface area contributed by atoms with Gasteiger partial charge in [0.2, 0.25) is 0 Å². The molecule has 4 heterocycles. The van der Waals surface area contributed by atoms with Crippen molar-refractivity contribution in [2.45, 2.75) is 31.1 Å². The van der Waals surface area contributed by atoms with E-state index in [-0.39, 0.29) is 6.42 Å². The molecule has 140 valence electrons. The number of thiazole rings is 1. The van der Waals surface area contributed by atoms with Gasteiger partial charge in [-0.25, -0.2) is 9.97 Å². The number of carbonyl (C=O) groups is 1. The summed E-state index contributed by atoms with van der Waals surface area (Å²) < 4.78 is 1.79. The van der Waals surface area contributed by atoms with Gasteiger partial charge in [0.15, 0.2) is 11.5 Å². The number of hydrogen-bond donors (Lipinski definition) is 1. The predicted molar refractivity (Wildman–Crippen MR) is 102 cm³/mol. The molecule has 1 fully saturated rings. The van der Waals surface area contributed by atoms with E-state index in [1.807, 2.05) is 23.7 Å². The van der Waals surface area contributed by atoms with Crippen LogP contribution in [0.15, 0.2) is 41.6 Å². The van der Waals surface area contributed by atoms with Crippen LogP contribution in [0, 0.1) is 0 Å². The fourth-order valence-corrected chi connectivity index (χ4v) is 3.87. The Hall–Kier alpha value is -3.20. The summed E-state index contributed by atoms with van der Waals surface area (Å²) in [4.78, 5) is 25.2. The molecule has 1 aliphatic rings. The lowest BCUT2D eigenvalue weighted by Crippen LogP contribution is -2.18. The molecule has 1 aliphatic carbocycles. The van der Waals surface area contributed by atoms with E-state index in [1.54, 1.807) is 22.3 Å². The van der Waals surface area contributed by atoms with Gasteiger partial charge in [0.05, 0.1) is 22.6 Å². The summed E-state index contributed by atoms with van der Waals surface area (Å²) >= 11 is 1.44. The highest BCUT2D eigenvalue weighted by molar-refractivity contribution is 7.07. The number of nitrogens with zero attached hydrogens (tertiary/aromatic N) is 6. The quantitative estimate of drug-likeness (QED) is 0.538. The Morgan fingerprint density at radius 3 is 2.93 bits per heavy atom. The van der Waals surface area contributed by atoms with Gasteiger partial charge in [0.25, 0.3) is 0 Å². The van der Waals surface area contributed by atoms with Crippen molar-refractivity contribution in [1.29, 1.82) is 0 Å². The minimum Gasteiger partial charge on any atom is -0.481 e. The smallest absolute Gasteiger partial charge is 0.314 e. The number of carboxylic acids is 1. The zero-order chi connectivity index (χ0) is 19.1. The second-order valence-corrected chi connectivity index (χ2v) is 7.57. The summed E-state index contributed by atoms with van der Waals surface area (Å²) in [6, 6.07) is 3.79. The van der Waals surface area contributed by atoms with Crippen molar-refractivity contribution in [2.75, 3.05) is 0 Å². The van der Waals surface area contributed by atoms with Gasteiger partial charge >= 0.3 is 5.97 Å². The third kappa shape index (κ3) is 3.03. The Morgan fingerprint density at radius 2 is 2.25 bits per heavy atom. The number of aliphatic carboxylic acids is 1. The van der Waals surface area contributed by atoms with E-state index in [1.165, 1.54) is 11.3 Å². The van der Waals surface area contributed by atoms with E-state index in [2.05, 4.69) is 20.2 Å². The molecule has 0 aromatic carbocycles. The molecule has 9 heteroatoms. The number of rotatable bonds is 6. The first kappa shape index (κ1) is 16.9. The first-order valence-electron chi connectivity index (χ1n) is 8.96. The summed E-state index contributed by atoms with van der Waals surface area (Å²) in [5, 5.41) is 20.3. The molecule has 0 amide bonds. The Bertz CT molecular complexity index is 1140. The lowest BCUT2D eigenvalue weighted by Gasteiger charge is -2.11. The molecule has 4 aromatic heterocycles. The summed E-state index contributed by atoms with van der Waals surface area (Å²) in [5.41, 5.74) is 5.55. The van der Waals surface area contributed by atoms with Gasteiger partial charge in [-0.2, -0.15) is 0 Å². The van der Waals surface area contributed by atoms with Gasteiger partial charge in [-0.1, -0.05) is 0 Å². The Kier molecular flexibility index (Phi) is 4.09. The van der Waals surface area contributed by atoms with E-state index in [0.29, 0.717) is 17.4 Å². The molecule has 0 bridgehead atoms. The maximum Gasteiger partial charge on any atom is 0.314 e. The number of hydrogen-bond acceptors (Lipinski definition) is 7. The van der Waals surface area contributed by atoms with Gasteiger partial charge < -0.3 is 5.11 Å². The molecule has 1 N–H and O–H groups in total. The molecule has 0 radical (unpaired) electrons. The summed E-state index contributed by atoms with van der Waals surface area (Å²) in [7, 11) is 0. The Balaban J connectivity index is 1.67. The van der Waals surface area contributed by atoms with Crippen LogP contribution < -0.4 is 0 Å². The van der Waals surface area contributed by atoms with E-state index in [0.717, 1.165) is 35.5 Å². The zero-order valence-electron chi connectivity index (χ0n) is 14.8. The molecule has 28 heavy (non-hydrogen) atoms. The fourth-order valence-electron chi connectivity index (χ4n) is 3.29. The molecule has 0 aliphatic heterocycles. The number of carboxylic acid groups (broad SMARTS) is 1. The summed E-state index contributed by atoms with van der Waals surface area (Å²) in [5.74, 6) is -1.05. The normalized spacial score (nSPS) is 15.0. The standard InChI is InChI=1S/C19H16N6O2S/c26-19(27)14(6-13-9-28-10-21-13)17-23-24-18-16(11-3-4-11)22-15(8-25(17)18)12-2-1-5-20-7-12/h1-2,5,7-11,14H,3-4,6H2,(H,26,27). The van der Waals surface area contributed by atoms with Crippen molar-refractivity contribution in [2.24, 2.45) is 0 Å². The van der Waals surface area contributed by atoms with Gasteiger partial charge in [-0.05, 0) is 25.0 Å². The van der Waals surface area contributed by atoms with Crippen LogP contribution in [-0.4, -0.2) is 40.6 Å². The van der Waals surface area contributed by atoms with Crippen LogP contribution in [0.2, 0.25) is 0 Å². The highest BCUT2D eigenvalue weighted by atomic mass is 32.1. The lowest BCUT2D eigenvalue weighted by atomic mass is 10.0. The second-order valence-electron chi connectivity index (χ2n) is 6.85. The summed E-state index contributed by atoms with van der Waals surface area (Å²) in [6.45, 7) is 0. The lowest BCUT2D eigenvalue weighted by molar-refractivity contribution is -0.139. The Labute approximate surface area is 164 Å². The average Bonchev–Trinajstić information content (AvgIpc) is 3.27.